The van der Waals surface area contributed by atoms with Gasteiger partial charge < -0.3 is 10.1 Å². The molecule has 2 aromatic rings. The summed E-state index contributed by atoms with van der Waals surface area (Å²) in [4.78, 5) is 19.8. The summed E-state index contributed by atoms with van der Waals surface area (Å²) in [5, 5.41) is 10.4. The first-order valence-corrected chi connectivity index (χ1v) is 8.36. The minimum absolute atomic E-state index is 0.147. The van der Waals surface area contributed by atoms with Crippen molar-refractivity contribution in [1.82, 2.24) is 9.97 Å². The molecule has 0 spiro atoms. The van der Waals surface area contributed by atoms with Crippen molar-refractivity contribution < 1.29 is 5.11 Å². The molecule has 2 N–H and O–H groups in total. The maximum Gasteiger partial charge on any atom is 0.251 e. The summed E-state index contributed by atoms with van der Waals surface area (Å²) < 4.78 is 0.906. The Bertz CT molecular complexity index is 686. The number of hydrogen-bond acceptors (Lipinski definition) is 4. The fourth-order valence-corrected chi connectivity index (χ4v) is 3.34. The largest absolute Gasteiger partial charge is 0.389 e. The van der Waals surface area contributed by atoms with Crippen molar-refractivity contribution in [2.75, 3.05) is 0 Å². The molecule has 112 valence electrons. The van der Waals surface area contributed by atoms with Crippen molar-refractivity contribution in [3.63, 3.8) is 0 Å². The van der Waals surface area contributed by atoms with Gasteiger partial charge in [0.05, 0.1) is 6.10 Å². The first kappa shape index (κ1) is 16.3. The smallest absolute Gasteiger partial charge is 0.251 e. The van der Waals surface area contributed by atoms with E-state index in [0.717, 1.165) is 33.5 Å². The third-order valence-electron chi connectivity index (χ3n) is 2.91. The Labute approximate surface area is 136 Å². The predicted octanol–water partition coefficient (Wildman–Crippen LogP) is 3.69. The van der Waals surface area contributed by atoms with Gasteiger partial charge in [0.2, 0.25) is 0 Å². The number of benzene rings is 1. The SMILES string of the molecule is CCCc1cc(=O)[nH]c(Sc2ccc(Br)cc2C(C)O)n1. The van der Waals surface area contributed by atoms with Gasteiger partial charge in [-0.05, 0) is 37.1 Å². The Balaban J connectivity index is 2.36. The van der Waals surface area contributed by atoms with Crippen molar-refractivity contribution in [3.05, 3.63) is 50.3 Å². The highest BCUT2D eigenvalue weighted by Gasteiger charge is 2.12. The molecule has 1 aromatic carbocycles. The highest BCUT2D eigenvalue weighted by atomic mass is 79.9. The van der Waals surface area contributed by atoms with Crippen LogP contribution < -0.4 is 5.56 Å². The zero-order valence-corrected chi connectivity index (χ0v) is 14.3. The quantitative estimate of drug-likeness (QED) is 0.789. The van der Waals surface area contributed by atoms with Gasteiger partial charge in [0.15, 0.2) is 5.16 Å². The molecule has 0 saturated carbocycles. The van der Waals surface area contributed by atoms with Crippen LogP contribution >= 0.6 is 27.7 Å². The number of halogens is 1. The molecule has 0 saturated heterocycles. The topological polar surface area (TPSA) is 66.0 Å². The average Bonchev–Trinajstić information content (AvgIpc) is 2.40. The van der Waals surface area contributed by atoms with E-state index in [1.165, 1.54) is 17.8 Å². The Morgan fingerprint density at radius 3 is 2.86 bits per heavy atom. The average molecular weight is 369 g/mol. The Hall–Kier alpha value is -1.11. The van der Waals surface area contributed by atoms with Gasteiger partial charge in [-0.3, -0.25) is 4.79 Å². The highest BCUT2D eigenvalue weighted by molar-refractivity contribution is 9.10. The van der Waals surface area contributed by atoms with E-state index in [9.17, 15) is 9.90 Å². The number of rotatable bonds is 5. The number of aromatic amines is 1. The molecule has 0 bridgehead atoms. The lowest BCUT2D eigenvalue weighted by molar-refractivity contribution is 0.196. The third-order valence-corrected chi connectivity index (χ3v) is 4.38. The van der Waals surface area contributed by atoms with Crippen LogP contribution in [0.3, 0.4) is 0 Å². The molecule has 0 amide bonds. The number of aliphatic hydroxyl groups is 1. The Kier molecular flexibility index (Phi) is 5.61. The van der Waals surface area contributed by atoms with Crippen LogP contribution in [0, 0.1) is 0 Å². The van der Waals surface area contributed by atoms with Crippen molar-refractivity contribution >= 4 is 27.7 Å². The molecule has 1 heterocycles. The van der Waals surface area contributed by atoms with Crippen LogP contribution in [0.1, 0.15) is 37.6 Å². The number of nitrogens with one attached hydrogen (secondary N) is 1. The Morgan fingerprint density at radius 1 is 1.43 bits per heavy atom. The highest BCUT2D eigenvalue weighted by Crippen LogP contribution is 2.33. The lowest BCUT2D eigenvalue weighted by Gasteiger charge is -2.12. The van der Waals surface area contributed by atoms with Crippen LogP contribution in [0.2, 0.25) is 0 Å². The molecular formula is C15H17BrN2O2S. The van der Waals surface area contributed by atoms with Crippen LogP contribution in [-0.2, 0) is 6.42 Å². The van der Waals surface area contributed by atoms with Crippen LogP contribution in [0.5, 0.6) is 0 Å². The molecular weight excluding hydrogens is 352 g/mol. The second-order valence-corrected chi connectivity index (χ2v) is 6.70. The van der Waals surface area contributed by atoms with Crippen LogP contribution in [0.15, 0.2) is 43.6 Å². The van der Waals surface area contributed by atoms with Gasteiger partial charge in [-0.2, -0.15) is 0 Å². The number of hydrogen-bond donors (Lipinski definition) is 2. The van der Waals surface area contributed by atoms with E-state index >= 15 is 0 Å². The predicted molar refractivity (Wildman–Crippen MR) is 87.8 cm³/mol. The molecule has 0 aliphatic carbocycles. The lowest BCUT2D eigenvalue weighted by atomic mass is 10.1. The van der Waals surface area contributed by atoms with Crippen molar-refractivity contribution in [2.45, 2.75) is 42.8 Å². The normalized spacial score (nSPS) is 12.4. The second kappa shape index (κ2) is 7.24. The van der Waals surface area contributed by atoms with E-state index in [2.05, 4.69) is 32.8 Å². The summed E-state index contributed by atoms with van der Waals surface area (Å²) in [5.74, 6) is 0. The first-order valence-electron chi connectivity index (χ1n) is 6.75. The van der Waals surface area contributed by atoms with E-state index in [4.69, 9.17) is 0 Å². The fourth-order valence-electron chi connectivity index (χ4n) is 1.96. The summed E-state index contributed by atoms with van der Waals surface area (Å²) in [6.07, 6.45) is 1.13. The Morgan fingerprint density at radius 2 is 2.19 bits per heavy atom. The van der Waals surface area contributed by atoms with E-state index in [1.807, 2.05) is 18.2 Å². The summed E-state index contributed by atoms with van der Waals surface area (Å²) >= 11 is 4.76. The number of aryl methyl sites for hydroxylation is 1. The van der Waals surface area contributed by atoms with Gasteiger partial charge in [-0.15, -0.1) is 0 Å². The molecule has 0 aliphatic heterocycles. The summed E-state index contributed by atoms with van der Waals surface area (Å²) in [6, 6.07) is 7.22. The second-order valence-electron chi connectivity index (χ2n) is 4.75. The molecule has 0 aliphatic rings. The maximum absolute atomic E-state index is 11.7. The lowest BCUT2D eigenvalue weighted by Crippen LogP contribution is -2.10. The van der Waals surface area contributed by atoms with Gasteiger partial charge in [0, 0.05) is 21.1 Å². The molecule has 4 nitrogen and oxygen atoms in total. The fraction of sp³-hybridized carbons (Fsp3) is 0.333. The van der Waals surface area contributed by atoms with Gasteiger partial charge in [0.25, 0.3) is 5.56 Å². The maximum atomic E-state index is 11.7. The van der Waals surface area contributed by atoms with E-state index in [-0.39, 0.29) is 5.56 Å². The molecule has 1 aromatic heterocycles. The van der Waals surface area contributed by atoms with Crippen LogP contribution in [0.25, 0.3) is 0 Å². The molecule has 6 heteroatoms. The van der Waals surface area contributed by atoms with Crippen molar-refractivity contribution in [3.8, 4) is 0 Å². The number of nitrogens with zero attached hydrogens (tertiary/aromatic N) is 1. The molecule has 0 radical (unpaired) electrons. The minimum atomic E-state index is -0.587. The van der Waals surface area contributed by atoms with Gasteiger partial charge in [-0.25, -0.2) is 4.98 Å². The van der Waals surface area contributed by atoms with Crippen LogP contribution in [0.4, 0.5) is 0 Å². The standard InChI is InChI=1S/C15H17BrN2O2S/c1-3-4-11-8-14(20)18-15(17-11)21-13-6-5-10(16)7-12(13)9(2)19/h5-9,19H,3-4H2,1-2H3,(H,17,18,20). The molecule has 2 rings (SSSR count). The molecule has 21 heavy (non-hydrogen) atoms. The summed E-state index contributed by atoms with van der Waals surface area (Å²) in [5.41, 5.74) is 1.45. The monoisotopic (exact) mass is 368 g/mol. The zero-order chi connectivity index (χ0) is 15.4. The molecule has 1 unspecified atom stereocenters. The van der Waals surface area contributed by atoms with E-state index in [0.29, 0.717) is 5.16 Å². The third kappa shape index (κ3) is 4.43. The summed E-state index contributed by atoms with van der Waals surface area (Å²) in [7, 11) is 0. The van der Waals surface area contributed by atoms with Gasteiger partial charge in [0.1, 0.15) is 0 Å². The minimum Gasteiger partial charge on any atom is -0.389 e. The molecule has 0 fully saturated rings. The number of aromatic nitrogens is 2. The van der Waals surface area contributed by atoms with Crippen LogP contribution in [-0.4, -0.2) is 15.1 Å². The van der Waals surface area contributed by atoms with Gasteiger partial charge in [-0.1, -0.05) is 41.0 Å². The summed E-state index contributed by atoms with van der Waals surface area (Å²) in [6.45, 7) is 3.77. The van der Waals surface area contributed by atoms with Crippen molar-refractivity contribution in [2.24, 2.45) is 0 Å². The first-order chi connectivity index (χ1) is 9.99. The van der Waals surface area contributed by atoms with E-state index in [1.54, 1.807) is 6.92 Å². The number of aliphatic hydroxyl groups excluding tert-OH is 1. The zero-order valence-electron chi connectivity index (χ0n) is 11.9. The van der Waals surface area contributed by atoms with Gasteiger partial charge >= 0.3 is 0 Å². The molecule has 1 atom stereocenters. The van der Waals surface area contributed by atoms with Crippen molar-refractivity contribution in [1.29, 1.82) is 0 Å². The van der Waals surface area contributed by atoms with E-state index < -0.39 is 6.10 Å². The number of H-pyrrole nitrogens is 1.